The molecule has 1 saturated heterocycles. The van der Waals surface area contributed by atoms with Crippen LogP contribution < -0.4 is 0 Å². The van der Waals surface area contributed by atoms with Crippen LogP contribution in [-0.4, -0.2) is 49.0 Å². The van der Waals surface area contributed by atoms with Crippen molar-refractivity contribution in [3.8, 4) is 0 Å². The fraction of sp³-hybridized carbons (Fsp3) is 0.875. The predicted molar refractivity (Wildman–Crippen MR) is 51.7 cm³/mol. The molecule has 0 amide bonds. The molecule has 0 N–H and O–H groups in total. The van der Waals surface area contributed by atoms with Gasteiger partial charge in [-0.15, -0.1) is 0 Å². The van der Waals surface area contributed by atoms with Crippen LogP contribution >= 0.6 is 12.2 Å². The van der Waals surface area contributed by atoms with Crippen molar-refractivity contribution in [3.05, 3.63) is 0 Å². The van der Waals surface area contributed by atoms with Gasteiger partial charge in [0.25, 0.3) is 0 Å². The first kappa shape index (κ1) is 9.81. The molecule has 0 saturated carbocycles. The van der Waals surface area contributed by atoms with E-state index < -0.39 is 0 Å². The molecule has 0 spiro atoms. The molecule has 0 aromatic rings. The smallest absolute Gasteiger partial charge is 0.0930 e. The molecule has 0 aliphatic carbocycles. The molecule has 1 aliphatic rings. The van der Waals surface area contributed by atoms with Crippen molar-refractivity contribution in [2.24, 2.45) is 4.99 Å². The van der Waals surface area contributed by atoms with Gasteiger partial charge in [-0.3, -0.25) is 0 Å². The van der Waals surface area contributed by atoms with E-state index in [1.54, 1.807) is 0 Å². The predicted octanol–water partition coefficient (Wildman–Crippen LogP) is 0.808. The van der Waals surface area contributed by atoms with Gasteiger partial charge >= 0.3 is 0 Å². The Kier molecular flexibility index (Phi) is 3.82. The summed E-state index contributed by atoms with van der Waals surface area (Å²) in [7, 11) is 2.09. The van der Waals surface area contributed by atoms with Gasteiger partial charge in [0.2, 0.25) is 0 Å². The summed E-state index contributed by atoms with van der Waals surface area (Å²) >= 11 is 4.54. The van der Waals surface area contributed by atoms with Crippen LogP contribution in [-0.2, 0) is 4.74 Å². The Balaban J connectivity index is 2.44. The van der Waals surface area contributed by atoms with Crippen LogP contribution in [0, 0.1) is 0 Å². The van der Waals surface area contributed by atoms with Crippen molar-refractivity contribution in [1.29, 1.82) is 0 Å². The lowest BCUT2D eigenvalue weighted by Crippen LogP contribution is -2.44. The molecule has 2 atom stereocenters. The second kappa shape index (κ2) is 4.67. The van der Waals surface area contributed by atoms with Crippen molar-refractivity contribution in [2.75, 3.05) is 26.7 Å². The zero-order chi connectivity index (χ0) is 8.97. The second-order valence-corrected chi connectivity index (χ2v) is 3.32. The molecule has 1 aliphatic heterocycles. The first-order valence-electron chi connectivity index (χ1n) is 4.11. The van der Waals surface area contributed by atoms with Crippen LogP contribution in [0.25, 0.3) is 0 Å². The third-order valence-electron chi connectivity index (χ3n) is 2.09. The Hall–Kier alpha value is -0.280. The molecule has 1 fully saturated rings. The summed E-state index contributed by atoms with van der Waals surface area (Å²) in [4.78, 5) is 6.24. The zero-order valence-electron chi connectivity index (χ0n) is 7.49. The molecule has 68 valence electrons. The van der Waals surface area contributed by atoms with Gasteiger partial charge in [-0.25, -0.2) is 4.99 Å². The van der Waals surface area contributed by atoms with Crippen molar-refractivity contribution >= 4 is 17.4 Å². The average molecular weight is 186 g/mol. The quantitative estimate of drug-likeness (QED) is 0.471. The molecule has 1 rings (SSSR count). The number of rotatable bonds is 2. The number of thiocarbonyl (C=S) groups is 1. The van der Waals surface area contributed by atoms with Crippen molar-refractivity contribution < 1.29 is 4.74 Å². The molecule has 4 heteroatoms. The largest absolute Gasteiger partial charge is 0.373 e. The first-order chi connectivity index (χ1) is 5.74. The van der Waals surface area contributed by atoms with Gasteiger partial charge in [-0.05, 0) is 26.2 Å². The monoisotopic (exact) mass is 186 g/mol. The van der Waals surface area contributed by atoms with E-state index in [9.17, 15) is 0 Å². The lowest BCUT2D eigenvalue weighted by Gasteiger charge is -2.31. The number of aliphatic imine (C=N–C) groups is 1. The Morgan fingerprint density at radius 3 is 3.08 bits per heavy atom. The Morgan fingerprint density at radius 2 is 2.50 bits per heavy atom. The lowest BCUT2D eigenvalue weighted by molar-refractivity contribution is -0.0285. The fourth-order valence-electron chi connectivity index (χ4n) is 1.27. The molecule has 0 bridgehead atoms. The summed E-state index contributed by atoms with van der Waals surface area (Å²) in [6.45, 7) is 4.73. The van der Waals surface area contributed by atoms with Crippen LogP contribution in [0.3, 0.4) is 0 Å². The SMILES string of the molecule is C[C@@H](N=C=S)[C@H]1CN(C)CCO1. The summed E-state index contributed by atoms with van der Waals surface area (Å²) in [6.07, 6.45) is 0.180. The normalized spacial score (nSPS) is 27.7. The van der Waals surface area contributed by atoms with E-state index >= 15 is 0 Å². The minimum Gasteiger partial charge on any atom is -0.373 e. The number of likely N-dealkylation sites (N-methyl/N-ethyl adjacent to an activating group) is 1. The lowest BCUT2D eigenvalue weighted by atomic mass is 10.1. The van der Waals surface area contributed by atoms with Gasteiger partial charge in [0, 0.05) is 13.1 Å². The molecular formula is C8H14N2OS. The molecule has 3 nitrogen and oxygen atoms in total. The summed E-state index contributed by atoms with van der Waals surface area (Å²) in [5, 5.41) is 2.39. The maximum Gasteiger partial charge on any atom is 0.0930 e. The molecule has 1 heterocycles. The molecule has 0 aromatic heterocycles. The van der Waals surface area contributed by atoms with E-state index in [2.05, 4.69) is 34.3 Å². The summed E-state index contributed by atoms with van der Waals surface area (Å²) in [5.41, 5.74) is 0. The molecule has 0 aromatic carbocycles. The maximum absolute atomic E-state index is 5.54. The third-order valence-corrected chi connectivity index (χ3v) is 2.20. The minimum absolute atomic E-state index is 0.130. The highest BCUT2D eigenvalue weighted by molar-refractivity contribution is 7.78. The number of morpholine rings is 1. The Bertz CT molecular complexity index is 191. The van der Waals surface area contributed by atoms with Crippen molar-refractivity contribution in [2.45, 2.75) is 19.1 Å². The van der Waals surface area contributed by atoms with E-state index in [0.717, 1.165) is 19.7 Å². The average Bonchev–Trinajstić information content (AvgIpc) is 2.05. The third kappa shape index (κ3) is 2.64. The van der Waals surface area contributed by atoms with Gasteiger partial charge < -0.3 is 9.64 Å². The van der Waals surface area contributed by atoms with Gasteiger partial charge in [0.15, 0.2) is 0 Å². The van der Waals surface area contributed by atoms with Crippen molar-refractivity contribution in [1.82, 2.24) is 4.90 Å². The minimum atomic E-state index is 0.130. The van der Waals surface area contributed by atoms with E-state index in [0.29, 0.717) is 0 Å². The highest BCUT2D eigenvalue weighted by atomic mass is 32.1. The second-order valence-electron chi connectivity index (χ2n) is 3.13. The van der Waals surface area contributed by atoms with Gasteiger partial charge in [-0.1, -0.05) is 0 Å². The van der Waals surface area contributed by atoms with E-state index in [1.165, 1.54) is 0 Å². The van der Waals surface area contributed by atoms with Gasteiger partial charge in [-0.2, -0.15) is 0 Å². The van der Waals surface area contributed by atoms with Gasteiger partial charge in [0.05, 0.1) is 23.9 Å². The van der Waals surface area contributed by atoms with Crippen LogP contribution in [0.4, 0.5) is 0 Å². The van der Waals surface area contributed by atoms with Crippen LogP contribution in [0.2, 0.25) is 0 Å². The van der Waals surface area contributed by atoms with E-state index in [4.69, 9.17) is 4.74 Å². The molecule has 0 unspecified atom stereocenters. The number of ether oxygens (including phenoxy) is 1. The van der Waals surface area contributed by atoms with Gasteiger partial charge in [0.1, 0.15) is 0 Å². The number of hydrogen-bond donors (Lipinski definition) is 0. The molecule has 0 radical (unpaired) electrons. The first-order valence-corrected chi connectivity index (χ1v) is 4.52. The summed E-state index contributed by atoms with van der Waals surface area (Å²) in [6, 6.07) is 0.130. The van der Waals surface area contributed by atoms with Crippen molar-refractivity contribution in [3.63, 3.8) is 0 Å². The molecule has 12 heavy (non-hydrogen) atoms. The molecular weight excluding hydrogens is 172 g/mol. The topological polar surface area (TPSA) is 24.8 Å². The Morgan fingerprint density at radius 1 is 1.75 bits per heavy atom. The van der Waals surface area contributed by atoms with Crippen LogP contribution in [0.1, 0.15) is 6.92 Å². The standard InChI is InChI=1S/C8H14N2OS/c1-7(9-6-12)8-5-10(2)3-4-11-8/h7-8H,3-5H2,1-2H3/t7-,8-/m1/s1. The fourth-order valence-corrected chi connectivity index (χ4v) is 1.44. The zero-order valence-corrected chi connectivity index (χ0v) is 8.30. The van der Waals surface area contributed by atoms with Crippen LogP contribution in [0.15, 0.2) is 4.99 Å². The number of isothiocyanates is 1. The highest BCUT2D eigenvalue weighted by Crippen LogP contribution is 2.09. The highest BCUT2D eigenvalue weighted by Gasteiger charge is 2.22. The summed E-state index contributed by atoms with van der Waals surface area (Å²) < 4.78 is 5.54. The maximum atomic E-state index is 5.54. The number of hydrogen-bond acceptors (Lipinski definition) is 4. The summed E-state index contributed by atoms with van der Waals surface area (Å²) in [5.74, 6) is 0. The number of nitrogens with zero attached hydrogens (tertiary/aromatic N) is 2. The van der Waals surface area contributed by atoms with E-state index in [1.807, 2.05) is 6.92 Å². The van der Waals surface area contributed by atoms with E-state index in [-0.39, 0.29) is 12.1 Å². The Labute approximate surface area is 78.4 Å². The van der Waals surface area contributed by atoms with Crippen LogP contribution in [0.5, 0.6) is 0 Å².